The molecule has 2 aliphatic heterocycles. The number of fused-ring (bicyclic) bond motifs is 1. The van der Waals surface area contributed by atoms with Crippen LogP contribution in [0.25, 0.3) is 0 Å². The lowest BCUT2D eigenvalue weighted by molar-refractivity contribution is -0.126. The fraction of sp³-hybridized carbons (Fsp3) is 0.200. The molecule has 2 heterocycles. The van der Waals surface area contributed by atoms with Crippen LogP contribution in [0.4, 0.5) is 11.4 Å². The first kappa shape index (κ1) is 22.5. The van der Waals surface area contributed by atoms with Gasteiger partial charge in [-0.3, -0.25) is 14.4 Å². The van der Waals surface area contributed by atoms with Gasteiger partial charge in [0.1, 0.15) is 17.4 Å². The van der Waals surface area contributed by atoms with Crippen LogP contribution in [0.15, 0.2) is 66.7 Å². The Balaban J connectivity index is 1.63. The summed E-state index contributed by atoms with van der Waals surface area (Å²) >= 11 is 12.2. The summed E-state index contributed by atoms with van der Waals surface area (Å²) in [7, 11) is 3.10. The van der Waals surface area contributed by atoms with Crippen LogP contribution in [0, 0.1) is 5.92 Å². The molecule has 5 rings (SSSR count). The van der Waals surface area contributed by atoms with Gasteiger partial charge in [-0.15, -0.1) is 0 Å². The van der Waals surface area contributed by atoms with Gasteiger partial charge in [-0.1, -0.05) is 29.3 Å². The monoisotopic (exact) mass is 498 g/mol. The first-order valence-electron chi connectivity index (χ1n) is 10.5. The number of rotatable bonds is 5. The zero-order valence-corrected chi connectivity index (χ0v) is 19.8. The fourth-order valence-electron chi connectivity index (χ4n) is 4.47. The summed E-state index contributed by atoms with van der Waals surface area (Å²) in [6.45, 7) is 0. The van der Waals surface area contributed by atoms with E-state index in [4.69, 9.17) is 37.5 Å². The molecule has 3 atom stereocenters. The largest absolute Gasteiger partial charge is 0.497 e. The highest BCUT2D eigenvalue weighted by molar-refractivity contribution is 6.31. The molecular weight excluding hydrogens is 479 g/mol. The molecule has 3 aromatic carbocycles. The molecule has 0 saturated carbocycles. The van der Waals surface area contributed by atoms with E-state index in [0.717, 1.165) is 4.90 Å². The second kappa shape index (κ2) is 8.83. The van der Waals surface area contributed by atoms with Crippen molar-refractivity contribution < 1.29 is 23.9 Å². The van der Waals surface area contributed by atoms with Crippen molar-refractivity contribution in [1.82, 2.24) is 0 Å². The number of carbonyl (C=O) groups is 2. The number of anilines is 2. The van der Waals surface area contributed by atoms with Crippen molar-refractivity contribution in [2.45, 2.75) is 12.1 Å². The minimum atomic E-state index is -1.01. The topological polar surface area (TPSA) is 68.3 Å². The molecule has 2 aliphatic rings. The molecule has 2 amide bonds. The number of halogens is 2. The number of benzene rings is 3. The number of hydrogen-bond acceptors (Lipinski definition) is 6. The summed E-state index contributed by atoms with van der Waals surface area (Å²) in [5.41, 5.74) is 1.73. The Hall–Kier alpha value is -3.26. The van der Waals surface area contributed by atoms with E-state index in [1.54, 1.807) is 72.8 Å². The summed E-state index contributed by atoms with van der Waals surface area (Å²) in [6, 6.07) is 18.3. The smallest absolute Gasteiger partial charge is 0.266 e. The number of carbonyl (C=O) groups excluding carboxylic acids is 2. The molecule has 7 nitrogen and oxygen atoms in total. The van der Waals surface area contributed by atoms with Gasteiger partial charge in [-0.05, 0) is 54.6 Å². The number of imide groups is 1. The zero-order chi connectivity index (χ0) is 24.0. The van der Waals surface area contributed by atoms with E-state index in [1.807, 2.05) is 6.07 Å². The van der Waals surface area contributed by atoms with E-state index in [0.29, 0.717) is 38.5 Å². The van der Waals surface area contributed by atoms with Crippen LogP contribution >= 0.6 is 23.2 Å². The molecule has 0 unspecified atom stereocenters. The third-order valence-corrected chi connectivity index (χ3v) is 6.51. The predicted octanol–water partition coefficient (Wildman–Crippen LogP) is 5.06. The molecule has 3 aromatic rings. The lowest BCUT2D eigenvalue weighted by atomic mass is 9.90. The summed E-state index contributed by atoms with van der Waals surface area (Å²) in [5, 5.41) is 2.56. The van der Waals surface area contributed by atoms with Gasteiger partial charge in [0, 0.05) is 21.7 Å². The highest BCUT2D eigenvalue weighted by atomic mass is 35.5. The maximum absolute atomic E-state index is 13.7. The predicted molar refractivity (Wildman–Crippen MR) is 129 cm³/mol. The zero-order valence-electron chi connectivity index (χ0n) is 18.3. The molecule has 0 aromatic heterocycles. The normalized spacial score (nSPS) is 21.7. The third-order valence-electron chi connectivity index (χ3n) is 6.02. The van der Waals surface area contributed by atoms with Crippen LogP contribution in [0.2, 0.25) is 10.0 Å². The van der Waals surface area contributed by atoms with E-state index in [2.05, 4.69) is 0 Å². The second-order valence-corrected chi connectivity index (χ2v) is 8.77. The maximum atomic E-state index is 13.7. The summed E-state index contributed by atoms with van der Waals surface area (Å²) in [4.78, 5) is 34.4. The molecule has 0 spiro atoms. The van der Waals surface area contributed by atoms with Gasteiger partial charge in [0.2, 0.25) is 5.91 Å². The number of hydroxylamine groups is 1. The van der Waals surface area contributed by atoms with Gasteiger partial charge in [-0.2, -0.15) is 0 Å². The van der Waals surface area contributed by atoms with Crippen molar-refractivity contribution in [3.8, 4) is 11.5 Å². The van der Waals surface area contributed by atoms with Gasteiger partial charge >= 0.3 is 0 Å². The van der Waals surface area contributed by atoms with Crippen LogP contribution in [-0.2, 0) is 14.4 Å². The first-order chi connectivity index (χ1) is 16.4. The third kappa shape index (κ3) is 3.66. The molecule has 0 radical (unpaired) electrons. The average Bonchev–Trinajstić information content (AvgIpc) is 3.34. The number of nitrogens with zero attached hydrogens (tertiary/aromatic N) is 2. The summed E-state index contributed by atoms with van der Waals surface area (Å²) < 4.78 is 11.0. The molecule has 0 aliphatic carbocycles. The van der Waals surface area contributed by atoms with Crippen molar-refractivity contribution in [2.24, 2.45) is 5.92 Å². The van der Waals surface area contributed by atoms with Crippen LogP contribution in [-0.4, -0.2) is 32.1 Å². The highest BCUT2D eigenvalue weighted by Gasteiger charge is 2.60. The van der Waals surface area contributed by atoms with E-state index in [-0.39, 0.29) is 5.91 Å². The van der Waals surface area contributed by atoms with Gasteiger partial charge in [0.05, 0.1) is 31.6 Å². The number of ether oxygens (including phenoxy) is 2. The van der Waals surface area contributed by atoms with Crippen molar-refractivity contribution in [3.63, 3.8) is 0 Å². The van der Waals surface area contributed by atoms with Gasteiger partial charge in [0.25, 0.3) is 5.91 Å². The lowest BCUT2D eigenvalue weighted by Gasteiger charge is -2.29. The Morgan fingerprint density at radius 1 is 0.824 bits per heavy atom. The van der Waals surface area contributed by atoms with Crippen molar-refractivity contribution in [1.29, 1.82) is 0 Å². The van der Waals surface area contributed by atoms with E-state index in [9.17, 15) is 9.59 Å². The number of methoxy groups -OCH3 is 2. The molecule has 9 heteroatoms. The summed E-state index contributed by atoms with van der Waals surface area (Å²) in [6.07, 6.45) is -1.01. The molecule has 2 saturated heterocycles. The minimum absolute atomic E-state index is 0.378. The standard InChI is InChI=1S/C25H20Cl2N2O5/c1-32-18-10-11-19(20(13-18)33-2)22-21-23(34-29(22)16-8-6-14(26)7-9-16)25(31)28(24(21)30)17-5-3-4-15(27)12-17/h3-13,21-23H,1-2H3/t21-,22-,23-/m0/s1. The lowest BCUT2D eigenvalue weighted by Crippen LogP contribution is -2.37. The Morgan fingerprint density at radius 2 is 1.59 bits per heavy atom. The molecule has 2 fully saturated rings. The molecule has 174 valence electrons. The molecular formula is C25H20Cl2N2O5. The van der Waals surface area contributed by atoms with Crippen LogP contribution in [0.3, 0.4) is 0 Å². The van der Waals surface area contributed by atoms with Crippen molar-refractivity contribution in [3.05, 3.63) is 82.3 Å². The quantitative estimate of drug-likeness (QED) is 0.458. The Labute approximate surface area is 206 Å². The minimum Gasteiger partial charge on any atom is -0.497 e. The SMILES string of the molecule is COc1ccc([C@H]2[C@@H]3C(=O)N(c4cccc(Cl)c4)C(=O)[C@H]3ON2c2ccc(Cl)cc2)c(OC)c1. The maximum Gasteiger partial charge on any atom is 0.266 e. The van der Waals surface area contributed by atoms with Crippen molar-refractivity contribution >= 4 is 46.4 Å². The average molecular weight is 499 g/mol. The number of amides is 2. The van der Waals surface area contributed by atoms with E-state index in [1.165, 1.54) is 7.11 Å². The van der Waals surface area contributed by atoms with Gasteiger partial charge < -0.3 is 9.47 Å². The first-order valence-corrected chi connectivity index (χ1v) is 11.3. The molecule has 34 heavy (non-hydrogen) atoms. The van der Waals surface area contributed by atoms with Crippen LogP contribution in [0.1, 0.15) is 11.6 Å². The second-order valence-electron chi connectivity index (χ2n) is 7.90. The number of hydrogen-bond donors (Lipinski definition) is 0. The van der Waals surface area contributed by atoms with Gasteiger partial charge in [0.15, 0.2) is 6.10 Å². The molecule has 0 N–H and O–H groups in total. The van der Waals surface area contributed by atoms with E-state index >= 15 is 0 Å². The fourth-order valence-corrected chi connectivity index (χ4v) is 4.79. The van der Waals surface area contributed by atoms with Crippen LogP contribution in [0.5, 0.6) is 11.5 Å². The van der Waals surface area contributed by atoms with E-state index < -0.39 is 24.0 Å². The molecule has 0 bridgehead atoms. The van der Waals surface area contributed by atoms with Gasteiger partial charge in [-0.25, -0.2) is 9.96 Å². The Bertz CT molecular complexity index is 1270. The highest BCUT2D eigenvalue weighted by Crippen LogP contribution is 2.50. The van der Waals surface area contributed by atoms with Crippen molar-refractivity contribution in [2.75, 3.05) is 24.2 Å². The van der Waals surface area contributed by atoms with Crippen LogP contribution < -0.4 is 19.4 Å². The summed E-state index contributed by atoms with van der Waals surface area (Å²) in [5.74, 6) is -0.537. The Morgan fingerprint density at radius 3 is 2.26 bits per heavy atom. The Kier molecular flexibility index (Phi) is 5.85.